The van der Waals surface area contributed by atoms with Gasteiger partial charge in [-0.3, -0.25) is 9.59 Å². The van der Waals surface area contributed by atoms with Gasteiger partial charge in [0, 0.05) is 6.07 Å². The van der Waals surface area contributed by atoms with E-state index in [1.165, 1.54) is 13.8 Å². The Kier molecular flexibility index (Phi) is 3.77. The minimum absolute atomic E-state index is 0.111. The van der Waals surface area contributed by atoms with Gasteiger partial charge in [-0.25, -0.2) is 8.78 Å². The van der Waals surface area contributed by atoms with Crippen molar-refractivity contribution in [1.82, 2.24) is 5.32 Å². The lowest BCUT2D eigenvalue weighted by Gasteiger charge is -2.10. The number of rotatable bonds is 3. The van der Waals surface area contributed by atoms with E-state index >= 15 is 0 Å². The van der Waals surface area contributed by atoms with Crippen molar-refractivity contribution in [3.63, 3.8) is 0 Å². The molecule has 1 atom stereocenters. The summed E-state index contributed by atoms with van der Waals surface area (Å²) in [5, 5.41) is 10.7. The molecule has 0 aromatic heterocycles. The Bertz CT molecular complexity index is 474. The summed E-state index contributed by atoms with van der Waals surface area (Å²) in [7, 11) is 0. The van der Waals surface area contributed by atoms with Crippen molar-refractivity contribution in [3.05, 3.63) is 34.9 Å². The van der Waals surface area contributed by atoms with Crippen LogP contribution < -0.4 is 5.32 Å². The molecule has 0 fully saturated rings. The van der Waals surface area contributed by atoms with Crippen molar-refractivity contribution in [2.24, 2.45) is 0 Å². The van der Waals surface area contributed by atoms with Gasteiger partial charge in [-0.05, 0) is 25.5 Å². The molecule has 1 rings (SSSR count). The molecule has 17 heavy (non-hydrogen) atoms. The fraction of sp³-hybridized carbons (Fsp3) is 0.273. The maximum absolute atomic E-state index is 13.3. The van der Waals surface area contributed by atoms with E-state index in [-0.39, 0.29) is 11.1 Å². The number of nitrogens with one attached hydrogen (secondary N) is 1. The molecular weight excluding hydrogens is 232 g/mol. The fourth-order valence-electron chi connectivity index (χ4n) is 1.17. The third kappa shape index (κ3) is 2.99. The van der Waals surface area contributed by atoms with Crippen molar-refractivity contribution in [3.8, 4) is 0 Å². The summed E-state index contributed by atoms with van der Waals surface area (Å²) in [6, 6.07) is 0.483. The molecule has 0 heterocycles. The lowest BCUT2D eigenvalue weighted by Crippen LogP contribution is -2.38. The van der Waals surface area contributed by atoms with E-state index in [9.17, 15) is 18.4 Å². The third-order valence-corrected chi connectivity index (χ3v) is 2.21. The van der Waals surface area contributed by atoms with Crippen LogP contribution in [0.15, 0.2) is 12.1 Å². The van der Waals surface area contributed by atoms with E-state index in [0.29, 0.717) is 6.07 Å². The van der Waals surface area contributed by atoms with Crippen molar-refractivity contribution in [2.75, 3.05) is 0 Å². The van der Waals surface area contributed by atoms with Crippen LogP contribution in [0.4, 0.5) is 8.78 Å². The van der Waals surface area contributed by atoms with Gasteiger partial charge in [-0.1, -0.05) is 0 Å². The molecule has 4 nitrogen and oxygen atoms in total. The molecule has 0 aliphatic carbocycles. The molecule has 1 amide bonds. The number of amides is 1. The molecule has 0 unspecified atom stereocenters. The highest BCUT2D eigenvalue weighted by atomic mass is 19.1. The lowest BCUT2D eigenvalue weighted by atomic mass is 10.1. The molecule has 0 spiro atoms. The number of aryl methyl sites for hydroxylation is 1. The molecular formula is C11H11F2NO3. The van der Waals surface area contributed by atoms with Gasteiger partial charge < -0.3 is 10.4 Å². The van der Waals surface area contributed by atoms with Crippen LogP contribution in [0.2, 0.25) is 0 Å². The number of carbonyl (C=O) groups is 2. The molecule has 0 aliphatic rings. The highest BCUT2D eigenvalue weighted by Gasteiger charge is 2.19. The van der Waals surface area contributed by atoms with Crippen molar-refractivity contribution in [2.45, 2.75) is 19.9 Å². The summed E-state index contributed by atoms with van der Waals surface area (Å²) in [5.41, 5.74) is -0.267. The van der Waals surface area contributed by atoms with E-state index in [0.717, 1.165) is 6.07 Å². The van der Waals surface area contributed by atoms with Crippen LogP contribution in [0.5, 0.6) is 0 Å². The first-order chi connectivity index (χ1) is 7.82. The van der Waals surface area contributed by atoms with Gasteiger partial charge in [-0.2, -0.15) is 0 Å². The number of carboxylic acids is 1. The smallest absolute Gasteiger partial charge is 0.325 e. The number of hydrogen-bond acceptors (Lipinski definition) is 2. The maximum atomic E-state index is 13.3. The number of aliphatic carboxylic acids is 1. The van der Waals surface area contributed by atoms with E-state index in [4.69, 9.17) is 5.11 Å². The average molecular weight is 243 g/mol. The quantitative estimate of drug-likeness (QED) is 0.844. The molecule has 2 N–H and O–H groups in total. The van der Waals surface area contributed by atoms with Gasteiger partial charge in [0.05, 0.1) is 5.56 Å². The van der Waals surface area contributed by atoms with Crippen LogP contribution >= 0.6 is 0 Å². The van der Waals surface area contributed by atoms with E-state index < -0.39 is 29.6 Å². The van der Waals surface area contributed by atoms with E-state index in [1.807, 2.05) is 0 Å². The van der Waals surface area contributed by atoms with Gasteiger partial charge in [-0.15, -0.1) is 0 Å². The second-order valence-corrected chi connectivity index (χ2v) is 3.61. The van der Waals surface area contributed by atoms with Crippen LogP contribution in [0.25, 0.3) is 0 Å². The summed E-state index contributed by atoms with van der Waals surface area (Å²) >= 11 is 0. The minimum atomic E-state index is -1.24. The number of benzene rings is 1. The summed E-state index contributed by atoms with van der Waals surface area (Å²) in [4.78, 5) is 22.0. The van der Waals surface area contributed by atoms with Gasteiger partial charge in [0.15, 0.2) is 0 Å². The molecule has 6 heteroatoms. The van der Waals surface area contributed by atoms with Crippen molar-refractivity contribution >= 4 is 11.9 Å². The Hall–Kier alpha value is -1.98. The monoisotopic (exact) mass is 243 g/mol. The van der Waals surface area contributed by atoms with Crippen LogP contribution in [0, 0.1) is 18.6 Å². The maximum Gasteiger partial charge on any atom is 0.325 e. The molecule has 0 bridgehead atoms. The molecule has 1 aromatic rings. The highest BCUT2D eigenvalue weighted by molar-refractivity contribution is 5.96. The lowest BCUT2D eigenvalue weighted by molar-refractivity contribution is -0.138. The Morgan fingerprint density at radius 3 is 2.41 bits per heavy atom. The molecule has 92 valence electrons. The van der Waals surface area contributed by atoms with Crippen molar-refractivity contribution in [1.29, 1.82) is 0 Å². The topological polar surface area (TPSA) is 66.4 Å². The van der Waals surface area contributed by atoms with E-state index in [2.05, 4.69) is 5.32 Å². The number of hydrogen-bond donors (Lipinski definition) is 2. The first-order valence-electron chi connectivity index (χ1n) is 4.82. The SMILES string of the molecule is Cc1cc(C(=O)N[C@H](C)C(=O)O)c(F)cc1F. The highest BCUT2D eigenvalue weighted by Crippen LogP contribution is 2.14. The summed E-state index contributed by atoms with van der Waals surface area (Å²) in [5.74, 6) is -3.91. The van der Waals surface area contributed by atoms with Crippen LogP contribution in [0.1, 0.15) is 22.8 Å². The van der Waals surface area contributed by atoms with Gasteiger partial charge in [0.2, 0.25) is 0 Å². The summed E-state index contributed by atoms with van der Waals surface area (Å²) in [6.07, 6.45) is 0. The Morgan fingerprint density at radius 1 is 1.29 bits per heavy atom. The Labute approximate surface area is 96.3 Å². The van der Waals surface area contributed by atoms with E-state index in [1.54, 1.807) is 0 Å². The predicted octanol–water partition coefficient (Wildman–Crippen LogP) is 1.48. The second kappa shape index (κ2) is 4.90. The predicted molar refractivity (Wildman–Crippen MR) is 55.7 cm³/mol. The van der Waals surface area contributed by atoms with Crippen LogP contribution in [-0.4, -0.2) is 23.0 Å². The summed E-state index contributed by atoms with van der Waals surface area (Å²) in [6.45, 7) is 2.63. The Morgan fingerprint density at radius 2 is 1.88 bits per heavy atom. The normalized spacial score (nSPS) is 12.0. The van der Waals surface area contributed by atoms with Crippen LogP contribution in [-0.2, 0) is 4.79 Å². The van der Waals surface area contributed by atoms with Crippen LogP contribution in [0.3, 0.4) is 0 Å². The second-order valence-electron chi connectivity index (χ2n) is 3.61. The zero-order chi connectivity index (χ0) is 13.2. The largest absolute Gasteiger partial charge is 0.480 e. The zero-order valence-electron chi connectivity index (χ0n) is 9.25. The number of halogens is 2. The molecule has 0 radical (unpaired) electrons. The third-order valence-electron chi connectivity index (χ3n) is 2.21. The standard InChI is InChI=1S/C11H11F2NO3/c1-5-3-7(9(13)4-8(5)12)10(15)14-6(2)11(16)17/h3-4,6H,1-2H3,(H,14,15)(H,16,17)/t6-/m1/s1. The van der Waals surface area contributed by atoms with Gasteiger partial charge in [0.1, 0.15) is 17.7 Å². The first-order valence-corrected chi connectivity index (χ1v) is 4.82. The Balaban J connectivity index is 2.97. The van der Waals surface area contributed by atoms with Gasteiger partial charge in [0.25, 0.3) is 5.91 Å². The number of carboxylic acid groups (broad SMARTS) is 1. The minimum Gasteiger partial charge on any atom is -0.480 e. The summed E-state index contributed by atoms with van der Waals surface area (Å²) < 4.78 is 26.2. The molecule has 0 saturated carbocycles. The molecule has 0 aliphatic heterocycles. The first kappa shape index (κ1) is 13.1. The zero-order valence-corrected chi connectivity index (χ0v) is 9.25. The molecule has 0 saturated heterocycles. The average Bonchev–Trinajstić information content (AvgIpc) is 2.22. The van der Waals surface area contributed by atoms with Crippen molar-refractivity contribution < 1.29 is 23.5 Å². The molecule has 1 aromatic carbocycles. The van der Waals surface area contributed by atoms with Gasteiger partial charge >= 0.3 is 5.97 Å². The fourth-order valence-corrected chi connectivity index (χ4v) is 1.17. The number of carbonyl (C=O) groups excluding carboxylic acids is 1.